The van der Waals surface area contributed by atoms with E-state index in [0.29, 0.717) is 23.7 Å². The van der Waals surface area contributed by atoms with Crippen LogP contribution in [0.25, 0.3) is 0 Å². The van der Waals surface area contributed by atoms with E-state index in [9.17, 15) is 9.90 Å². The topological polar surface area (TPSA) is 71.5 Å². The molecule has 1 amide bonds. The molecule has 2 N–H and O–H groups in total. The molecular formula is C12H15ClN2O3. The van der Waals surface area contributed by atoms with Gasteiger partial charge in [-0.3, -0.25) is 4.79 Å². The number of pyridine rings is 1. The summed E-state index contributed by atoms with van der Waals surface area (Å²) in [6, 6.07) is 3.13. The molecule has 2 heterocycles. The number of carbonyl (C=O) groups excluding carboxylic acids is 1. The molecule has 1 aromatic rings. The van der Waals surface area contributed by atoms with Crippen molar-refractivity contribution in [1.29, 1.82) is 0 Å². The SMILES string of the molecule is CC1OCCC1(O)CNC(=O)c1ccc(Cl)nc1. The minimum Gasteiger partial charge on any atom is -0.385 e. The number of hydrogen-bond donors (Lipinski definition) is 2. The lowest BCUT2D eigenvalue weighted by Crippen LogP contribution is -2.47. The van der Waals surface area contributed by atoms with Crippen molar-refractivity contribution in [1.82, 2.24) is 10.3 Å². The first kappa shape index (κ1) is 13.3. The summed E-state index contributed by atoms with van der Waals surface area (Å²) in [6.07, 6.45) is 1.64. The largest absolute Gasteiger partial charge is 0.385 e. The second kappa shape index (κ2) is 5.22. The van der Waals surface area contributed by atoms with Gasteiger partial charge in [-0.25, -0.2) is 4.98 Å². The highest BCUT2D eigenvalue weighted by atomic mass is 35.5. The number of carbonyl (C=O) groups is 1. The molecule has 1 saturated heterocycles. The van der Waals surface area contributed by atoms with Crippen LogP contribution >= 0.6 is 11.6 Å². The van der Waals surface area contributed by atoms with Gasteiger partial charge in [-0.05, 0) is 19.1 Å². The molecule has 0 aliphatic carbocycles. The van der Waals surface area contributed by atoms with Crippen LogP contribution in [0.4, 0.5) is 0 Å². The third kappa shape index (κ3) is 2.80. The molecule has 2 rings (SSSR count). The number of hydrogen-bond acceptors (Lipinski definition) is 4. The maximum atomic E-state index is 11.8. The third-order valence-electron chi connectivity index (χ3n) is 3.20. The number of nitrogens with one attached hydrogen (secondary N) is 1. The van der Waals surface area contributed by atoms with Crippen LogP contribution in [0, 0.1) is 0 Å². The summed E-state index contributed by atoms with van der Waals surface area (Å²) in [5.74, 6) is -0.285. The average Bonchev–Trinajstić information content (AvgIpc) is 2.68. The Bertz CT molecular complexity index is 437. The van der Waals surface area contributed by atoms with E-state index in [0.717, 1.165) is 0 Å². The molecule has 2 atom stereocenters. The van der Waals surface area contributed by atoms with Crippen LogP contribution in [0.3, 0.4) is 0 Å². The van der Waals surface area contributed by atoms with Crippen LogP contribution < -0.4 is 5.32 Å². The fourth-order valence-electron chi connectivity index (χ4n) is 1.85. The predicted molar refractivity (Wildman–Crippen MR) is 66.6 cm³/mol. The Labute approximate surface area is 110 Å². The van der Waals surface area contributed by atoms with Gasteiger partial charge in [0, 0.05) is 25.8 Å². The number of halogens is 1. The second-order valence-electron chi connectivity index (χ2n) is 4.42. The smallest absolute Gasteiger partial charge is 0.252 e. The van der Waals surface area contributed by atoms with Gasteiger partial charge in [-0.15, -0.1) is 0 Å². The Hall–Kier alpha value is -1.17. The second-order valence-corrected chi connectivity index (χ2v) is 4.81. The van der Waals surface area contributed by atoms with Crippen molar-refractivity contribution in [2.75, 3.05) is 13.2 Å². The molecule has 1 fully saturated rings. The summed E-state index contributed by atoms with van der Waals surface area (Å²) in [6.45, 7) is 2.47. The fraction of sp³-hybridized carbons (Fsp3) is 0.500. The van der Waals surface area contributed by atoms with Crippen LogP contribution in [0.5, 0.6) is 0 Å². The molecule has 2 unspecified atom stereocenters. The Kier molecular flexibility index (Phi) is 3.85. The van der Waals surface area contributed by atoms with Gasteiger partial charge >= 0.3 is 0 Å². The summed E-state index contributed by atoms with van der Waals surface area (Å²) in [5, 5.41) is 13.2. The molecule has 1 aliphatic rings. The fourth-order valence-corrected chi connectivity index (χ4v) is 1.96. The number of amides is 1. The summed E-state index contributed by atoms with van der Waals surface area (Å²) in [7, 11) is 0. The first-order chi connectivity index (χ1) is 8.51. The Morgan fingerprint density at radius 3 is 3.06 bits per heavy atom. The molecule has 0 saturated carbocycles. The minimum absolute atomic E-state index is 0.162. The van der Waals surface area contributed by atoms with Gasteiger partial charge in [-0.1, -0.05) is 11.6 Å². The zero-order valence-electron chi connectivity index (χ0n) is 10.0. The number of ether oxygens (including phenoxy) is 1. The highest BCUT2D eigenvalue weighted by molar-refractivity contribution is 6.29. The average molecular weight is 271 g/mol. The molecule has 0 bridgehead atoms. The highest BCUT2D eigenvalue weighted by Crippen LogP contribution is 2.24. The van der Waals surface area contributed by atoms with Gasteiger partial charge in [0.25, 0.3) is 5.91 Å². The molecule has 0 spiro atoms. The van der Waals surface area contributed by atoms with Crippen molar-refractivity contribution in [3.05, 3.63) is 29.0 Å². The van der Waals surface area contributed by atoms with E-state index in [1.165, 1.54) is 6.20 Å². The monoisotopic (exact) mass is 270 g/mol. The number of rotatable bonds is 3. The molecule has 18 heavy (non-hydrogen) atoms. The lowest BCUT2D eigenvalue weighted by atomic mass is 9.96. The van der Waals surface area contributed by atoms with Crippen LogP contribution in [0.1, 0.15) is 23.7 Å². The van der Waals surface area contributed by atoms with E-state index in [2.05, 4.69) is 10.3 Å². The van der Waals surface area contributed by atoms with Gasteiger partial charge in [0.05, 0.1) is 11.7 Å². The Morgan fingerprint density at radius 1 is 1.72 bits per heavy atom. The van der Waals surface area contributed by atoms with E-state index in [1.807, 2.05) is 0 Å². The lowest BCUT2D eigenvalue weighted by Gasteiger charge is -2.26. The van der Waals surface area contributed by atoms with E-state index >= 15 is 0 Å². The Balaban J connectivity index is 1.94. The number of nitrogens with zero attached hydrogens (tertiary/aromatic N) is 1. The van der Waals surface area contributed by atoms with Gasteiger partial charge < -0.3 is 15.2 Å². The van der Waals surface area contributed by atoms with E-state index in [4.69, 9.17) is 16.3 Å². The van der Waals surface area contributed by atoms with Gasteiger partial charge in [0.15, 0.2) is 0 Å². The first-order valence-electron chi connectivity index (χ1n) is 5.75. The molecule has 0 radical (unpaired) electrons. The van der Waals surface area contributed by atoms with Crippen LogP contribution in [0.15, 0.2) is 18.3 Å². The molecule has 98 valence electrons. The van der Waals surface area contributed by atoms with E-state index in [1.54, 1.807) is 19.1 Å². The molecule has 5 nitrogen and oxygen atoms in total. The molecular weight excluding hydrogens is 256 g/mol. The van der Waals surface area contributed by atoms with Gasteiger partial charge in [0.1, 0.15) is 10.8 Å². The molecule has 6 heteroatoms. The third-order valence-corrected chi connectivity index (χ3v) is 3.43. The predicted octanol–water partition coefficient (Wildman–Crippen LogP) is 1.00. The maximum Gasteiger partial charge on any atom is 0.252 e. The van der Waals surface area contributed by atoms with Crippen molar-refractivity contribution in [3.8, 4) is 0 Å². The maximum absolute atomic E-state index is 11.8. The Morgan fingerprint density at radius 2 is 2.50 bits per heavy atom. The van der Waals surface area contributed by atoms with Crippen molar-refractivity contribution < 1.29 is 14.6 Å². The summed E-state index contributed by atoms with van der Waals surface area (Å²) < 4.78 is 5.29. The van der Waals surface area contributed by atoms with E-state index < -0.39 is 5.60 Å². The normalized spacial score (nSPS) is 27.2. The summed E-state index contributed by atoms with van der Waals surface area (Å²) in [5.41, 5.74) is -0.579. The van der Waals surface area contributed by atoms with Crippen LogP contribution in [0.2, 0.25) is 5.15 Å². The lowest BCUT2D eigenvalue weighted by molar-refractivity contribution is -0.0251. The molecule has 0 aromatic carbocycles. The van der Waals surface area contributed by atoms with Crippen molar-refractivity contribution in [2.45, 2.75) is 25.0 Å². The van der Waals surface area contributed by atoms with Crippen molar-refractivity contribution >= 4 is 17.5 Å². The van der Waals surface area contributed by atoms with Gasteiger partial charge in [-0.2, -0.15) is 0 Å². The van der Waals surface area contributed by atoms with Crippen molar-refractivity contribution in [2.24, 2.45) is 0 Å². The number of aliphatic hydroxyl groups is 1. The van der Waals surface area contributed by atoms with E-state index in [-0.39, 0.29) is 18.6 Å². The van der Waals surface area contributed by atoms with Crippen molar-refractivity contribution in [3.63, 3.8) is 0 Å². The minimum atomic E-state index is -0.991. The summed E-state index contributed by atoms with van der Waals surface area (Å²) in [4.78, 5) is 15.6. The van der Waals surface area contributed by atoms with Crippen LogP contribution in [-0.2, 0) is 4.74 Å². The zero-order valence-corrected chi connectivity index (χ0v) is 10.8. The first-order valence-corrected chi connectivity index (χ1v) is 6.13. The molecule has 1 aliphatic heterocycles. The summed E-state index contributed by atoms with van der Waals surface area (Å²) >= 11 is 5.64. The number of aromatic nitrogens is 1. The van der Waals surface area contributed by atoms with Crippen LogP contribution in [-0.4, -0.2) is 40.9 Å². The zero-order chi connectivity index (χ0) is 13.2. The quantitative estimate of drug-likeness (QED) is 0.804. The highest BCUT2D eigenvalue weighted by Gasteiger charge is 2.39. The van der Waals surface area contributed by atoms with Gasteiger partial charge in [0.2, 0.25) is 0 Å². The standard InChI is InChI=1S/C12H15ClN2O3/c1-8-12(17,4-5-18-8)7-15-11(16)9-2-3-10(13)14-6-9/h2-3,6,8,17H,4-5,7H2,1H3,(H,15,16). The molecule has 1 aromatic heterocycles.